The predicted molar refractivity (Wildman–Crippen MR) is 77.8 cm³/mol. The lowest BCUT2D eigenvalue weighted by Crippen LogP contribution is -2.12. The van der Waals surface area contributed by atoms with Crippen LogP contribution >= 0.6 is 17.7 Å². The van der Waals surface area contributed by atoms with Crippen LogP contribution in [0.2, 0.25) is 0 Å². The van der Waals surface area contributed by atoms with Gasteiger partial charge in [0, 0.05) is 5.56 Å². The third-order valence-corrected chi connectivity index (χ3v) is 10.5. The first-order valence-corrected chi connectivity index (χ1v) is 9.87. The number of hydrogen-bond donors (Lipinski definition) is 0. The predicted octanol–water partition coefficient (Wildman–Crippen LogP) is 3.32. The van der Waals surface area contributed by atoms with E-state index in [-0.39, 0.29) is 5.12 Å². The smallest absolute Gasteiger partial charge is 0.225 e. The first kappa shape index (κ1) is 12.1. The molecule has 90 valence electrons. The Morgan fingerprint density at radius 3 is 2.39 bits per heavy atom. The molecule has 0 saturated carbocycles. The highest BCUT2D eigenvalue weighted by Gasteiger charge is 2.33. The van der Waals surface area contributed by atoms with Crippen molar-refractivity contribution in [3.63, 3.8) is 0 Å². The average molecular weight is 292 g/mol. The van der Waals surface area contributed by atoms with Crippen molar-refractivity contribution in [3.05, 3.63) is 60.2 Å². The van der Waals surface area contributed by atoms with E-state index in [1.165, 1.54) is 11.4 Å². The van der Waals surface area contributed by atoms with Crippen LogP contribution in [-0.2, 0) is 10.4 Å². The second-order valence-electron chi connectivity index (χ2n) is 3.72. The van der Waals surface area contributed by atoms with Crippen molar-refractivity contribution in [3.8, 4) is 0 Å². The van der Waals surface area contributed by atoms with E-state index in [1.54, 1.807) is 12.1 Å². The maximum atomic E-state index is 12.5. The molecule has 0 amide bonds. The van der Waals surface area contributed by atoms with E-state index in [4.69, 9.17) is 0 Å². The molecule has 3 rings (SSSR count). The number of rotatable bonds is 1. The molecule has 0 fully saturated rings. The topological polar surface area (TPSA) is 34.1 Å². The lowest BCUT2D eigenvalue weighted by molar-refractivity contribution is 0.108. The zero-order chi connectivity index (χ0) is 12.5. The molecule has 2 aromatic rings. The van der Waals surface area contributed by atoms with E-state index in [2.05, 4.69) is 0 Å². The normalized spacial score (nSPS) is 22.6. The summed E-state index contributed by atoms with van der Waals surface area (Å²) >= 11 is 1.22. The fraction of sp³-hybridized carbons (Fsp3) is 0. The van der Waals surface area contributed by atoms with E-state index in [9.17, 15) is 9.00 Å². The van der Waals surface area contributed by atoms with Gasteiger partial charge < -0.3 is 0 Å². The van der Waals surface area contributed by atoms with Crippen molar-refractivity contribution >= 4 is 38.5 Å². The Kier molecular flexibility index (Phi) is 3.33. The number of hydrogen-bond acceptors (Lipinski definition) is 3. The van der Waals surface area contributed by atoms with Gasteiger partial charge in [0.05, 0.1) is 21.6 Å². The standard InChI is InChI=1S/C13H9O2PS2/c14-13-11-8-4-5-9-12(11)18(15)16(17-13)10-6-2-1-3-7-10/h1-9H. The molecule has 2 unspecified atom stereocenters. The molecule has 1 aliphatic rings. The van der Waals surface area contributed by atoms with Gasteiger partial charge in [0.15, 0.2) is 0 Å². The monoisotopic (exact) mass is 292 g/mol. The molecule has 0 aliphatic carbocycles. The van der Waals surface area contributed by atoms with E-state index in [0.717, 1.165) is 5.30 Å². The highest BCUT2D eigenvalue weighted by atomic mass is 33.1. The van der Waals surface area contributed by atoms with Crippen LogP contribution in [0.1, 0.15) is 10.4 Å². The van der Waals surface area contributed by atoms with Crippen LogP contribution in [0.4, 0.5) is 0 Å². The quantitative estimate of drug-likeness (QED) is 0.756. The van der Waals surface area contributed by atoms with Crippen LogP contribution in [0, 0.1) is 0 Å². The molecule has 0 radical (unpaired) electrons. The summed E-state index contributed by atoms with van der Waals surface area (Å²) in [4.78, 5) is 12.7. The van der Waals surface area contributed by atoms with Crippen molar-refractivity contribution in [2.24, 2.45) is 0 Å². The minimum Gasteiger partial charge on any atom is -0.281 e. The summed E-state index contributed by atoms with van der Waals surface area (Å²) in [6.07, 6.45) is -1.01. The van der Waals surface area contributed by atoms with Gasteiger partial charge in [0.2, 0.25) is 5.12 Å². The van der Waals surface area contributed by atoms with Crippen LogP contribution in [0.3, 0.4) is 0 Å². The van der Waals surface area contributed by atoms with Crippen LogP contribution in [0.15, 0.2) is 59.5 Å². The van der Waals surface area contributed by atoms with E-state index >= 15 is 0 Å². The first-order valence-electron chi connectivity index (χ1n) is 5.36. The molecule has 2 aromatic carbocycles. The zero-order valence-corrected chi connectivity index (χ0v) is 11.8. The van der Waals surface area contributed by atoms with Gasteiger partial charge in [-0.2, -0.15) is 0 Å². The summed E-state index contributed by atoms with van der Waals surface area (Å²) < 4.78 is 12.5. The maximum absolute atomic E-state index is 12.5. The zero-order valence-electron chi connectivity index (χ0n) is 9.28. The lowest BCUT2D eigenvalue weighted by Gasteiger charge is -2.22. The molecule has 2 atom stereocenters. The Morgan fingerprint density at radius 1 is 0.944 bits per heavy atom. The molecule has 0 saturated heterocycles. The number of carbonyl (C=O) groups is 1. The van der Waals surface area contributed by atoms with Crippen molar-refractivity contribution in [2.45, 2.75) is 4.90 Å². The third kappa shape index (κ3) is 2.05. The first-order chi connectivity index (χ1) is 8.77. The molecule has 5 heteroatoms. The van der Waals surface area contributed by atoms with Crippen LogP contribution in [0.5, 0.6) is 0 Å². The fourth-order valence-electron chi connectivity index (χ4n) is 1.73. The van der Waals surface area contributed by atoms with Gasteiger partial charge in [-0.1, -0.05) is 42.5 Å². The van der Waals surface area contributed by atoms with Crippen LogP contribution < -0.4 is 5.30 Å². The molecule has 0 N–H and O–H groups in total. The highest BCUT2D eigenvalue weighted by molar-refractivity contribution is 8.89. The average Bonchev–Trinajstić information content (AvgIpc) is 2.44. The van der Waals surface area contributed by atoms with Gasteiger partial charge >= 0.3 is 0 Å². The Morgan fingerprint density at radius 2 is 1.61 bits per heavy atom. The Labute approximate surface area is 113 Å². The summed E-state index contributed by atoms with van der Waals surface area (Å²) in [6.45, 7) is 0. The molecule has 1 heterocycles. The molecule has 0 spiro atoms. The molecule has 0 aromatic heterocycles. The van der Waals surface area contributed by atoms with Gasteiger partial charge in [-0.15, -0.1) is 0 Å². The van der Waals surface area contributed by atoms with E-state index in [1.807, 2.05) is 42.5 Å². The minimum absolute atomic E-state index is 0.0279. The molecule has 0 bridgehead atoms. The number of benzene rings is 2. The van der Waals surface area contributed by atoms with Crippen molar-refractivity contribution in [2.75, 3.05) is 0 Å². The Hall–Kier alpha value is -0.960. The molecular weight excluding hydrogens is 283 g/mol. The maximum Gasteiger partial charge on any atom is 0.225 e. The van der Waals surface area contributed by atoms with Gasteiger partial charge in [0.1, 0.15) is 0 Å². The van der Waals surface area contributed by atoms with Crippen molar-refractivity contribution in [1.29, 1.82) is 0 Å². The molecule has 18 heavy (non-hydrogen) atoms. The fourth-order valence-corrected chi connectivity index (χ4v) is 9.25. The van der Waals surface area contributed by atoms with E-state index in [0.29, 0.717) is 10.5 Å². The molecule has 1 aliphatic heterocycles. The second-order valence-corrected chi connectivity index (χ2v) is 10.7. The summed E-state index contributed by atoms with van der Waals surface area (Å²) in [5.74, 6) is 0. The summed E-state index contributed by atoms with van der Waals surface area (Å²) in [6, 6.07) is 16.8. The Bertz CT molecular complexity index is 628. The second kappa shape index (κ2) is 4.96. The SMILES string of the molecule is O=C1SP(c2ccccc2)S(=O)c2ccccc21. The van der Waals surface area contributed by atoms with Crippen LogP contribution in [-0.4, -0.2) is 9.32 Å². The van der Waals surface area contributed by atoms with Gasteiger partial charge in [-0.3, -0.25) is 4.79 Å². The third-order valence-electron chi connectivity index (χ3n) is 2.58. The molecular formula is C13H9O2PS2. The minimum atomic E-state index is -1.12. The summed E-state index contributed by atoms with van der Waals surface area (Å²) in [7, 11) is -1.12. The van der Waals surface area contributed by atoms with Crippen molar-refractivity contribution in [1.82, 2.24) is 0 Å². The summed E-state index contributed by atoms with van der Waals surface area (Å²) in [5.41, 5.74) is 0.593. The van der Waals surface area contributed by atoms with Gasteiger partial charge in [-0.05, 0) is 28.8 Å². The van der Waals surface area contributed by atoms with Gasteiger partial charge in [-0.25, -0.2) is 4.21 Å². The van der Waals surface area contributed by atoms with Gasteiger partial charge in [0.25, 0.3) is 0 Å². The van der Waals surface area contributed by atoms with Crippen molar-refractivity contribution < 1.29 is 9.00 Å². The number of fused-ring (bicyclic) bond motifs is 1. The number of carbonyl (C=O) groups excluding carboxylic acids is 1. The van der Waals surface area contributed by atoms with Crippen LogP contribution in [0.25, 0.3) is 0 Å². The lowest BCUT2D eigenvalue weighted by atomic mass is 10.2. The Balaban J connectivity index is 2.08. The molecule has 2 nitrogen and oxygen atoms in total. The summed E-state index contributed by atoms with van der Waals surface area (Å²) in [5, 5.41) is 1.03. The van der Waals surface area contributed by atoms with E-state index < -0.39 is 16.7 Å². The largest absolute Gasteiger partial charge is 0.281 e. The highest BCUT2D eigenvalue weighted by Crippen LogP contribution is 2.59.